The normalized spacial score (nSPS) is 10.2. The van der Waals surface area contributed by atoms with Crippen molar-refractivity contribution in [2.75, 3.05) is 10.6 Å². The van der Waals surface area contributed by atoms with Gasteiger partial charge in [-0.1, -0.05) is 23.2 Å². The number of aromatic amines is 1. The molecule has 0 bridgehead atoms. The van der Waals surface area contributed by atoms with Crippen LogP contribution in [0.25, 0.3) is 0 Å². The minimum absolute atomic E-state index is 0.208. The van der Waals surface area contributed by atoms with Crippen molar-refractivity contribution >= 4 is 46.4 Å². The predicted molar refractivity (Wildman–Crippen MR) is 79.5 cm³/mol. The molecule has 0 spiro atoms. The van der Waals surface area contributed by atoms with Crippen molar-refractivity contribution in [2.45, 2.75) is 6.92 Å². The Bertz CT molecular complexity index is 667. The van der Waals surface area contributed by atoms with Crippen LogP contribution in [0.3, 0.4) is 0 Å². The highest BCUT2D eigenvalue weighted by molar-refractivity contribution is 6.34. The van der Waals surface area contributed by atoms with Gasteiger partial charge in [-0.2, -0.15) is 0 Å². The zero-order valence-electron chi connectivity index (χ0n) is 10.5. The number of nitrogens with one attached hydrogen (secondary N) is 3. The Morgan fingerprint density at radius 2 is 1.90 bits per heavy atom. The molecule has 2 aromatic rings. The van der Waals surface area contributed by atoms with Crippen LogP contribution >= 0.6 is 23.2 Å². The molecule has 0 radical (unpaired) electrons. The molecule has 104 valence electrons. The van der Waals surface area contributed by atoms with Crippen molar-refractivity contribution in [1.29, 1.82) is 0 Å². The van der Waals surface area contributed by atoms with E-state index >= 15 is 0 Å². The van der Waals surface area contributed by atoms with Crippen LogP contribution in [0.1, 0.15) is 17.4 Å². The Balaban J connectivity index is 2.19. The van der Waals surface area contributed by atoms with E-state index in [0.29, 0.717) is 27.1 Å². The van der Waals surface area contributed by atoms with Crippen molar-refractivity contribution in [1.82, 2.24) is 4.98 Å². The summed E-state index contributed by atoms with van der Waals surface area (Å²) in [4.78, 5) is 25.7. The second-order valence-corrected chi connectivity index (χ2v) is 4.91. The van der Waals surface area contributed by atoms with Crippen molar-refractivity contribution < 1.29 is 9.59 Å². The van der Waals surface area contributed by atoms with Crippen molar-refractivity contribution in [2.24, 2.45) is 0 Å². The maximum absolute atomic E-state index is 12.0. The van der Waals surface area contributed by atoms with E-state index < -0.39 is 0 Å². The lowest BCUT2D eigenvalue weighted by molar-refractivity contribution is -0.114. The summed E-state index contributed by atoms with van der Waals surface area (Å²) >= 11 is 11.7. The summed E-state index contributed by atoms with van der Waals surface area (Å²) in [6.07, 6.45) is 1.51. The van der Waals surface area contributed by atoms with E-state index in [1.54, 1.807) is 18.2 Å². The first-order valence-electron chi connectivity index (χ1n) is 5.68. The van der Waals surface area contributed by atoms with E-state index in [2.05, 4.69) is 15.6 Å². The molecule has 1 aromatic carbocycles. The zero-order valence-corrected chi connectivity index (χ0v) is 12.0. The van der Waals surface area contributed by atoms with E-state index in [-0.39, 0.29) is 11.8 Å². The van der Waals surface area contributed by atoms with Crippen LogP contribution in [0, 0.1) is 0 Å². The molecular formula is C13H11Cl2N3O2. The molecule has 0 aliphatic rings. The van der Waals surface area contributed by atoms with Gasteiger partial charge < -0.3 is 15.6 Å². The summed E-state index contributed by atoms with van der Waals surface area (Å²) < 4.78 is 0. The van der Waals surface area contributed by atoms with Crippen LogP contribution in [-0.4, -0.2) is 16.8 Å². The summed E-state index contributed by atoms with van der Waals surface area (Å²) in [6, 6.07) is 6.31. The highest BCUT2D eigenvalue weighted by atomic mass is 35.5. The molecule has 0 aliphatic carbocycles. The molecule has 5 nitrogen and oxygen atoms in total. The number of aromatic nitrogens is 1. The summed E-state index contributed by atoms with van der Waals surface area (Å²) in [5.41, 5.74) is 1.26. The summed E-state index contributed by atoms with van der Waals surface area (Å²) in [5.74, 6) is -0.584. The average Bonchev–Trinajstić information content (AvgIpc) is 2.79. The van der Waals surface area contributed by atoms with Gasteiger partial charge in [-0.3, -0.25) is 9.59 Å². The molecule has 3 N–H and O–H groups in total. The van der Waals surface area contributed by atoms with Crippen LogP contribution in [0.4, 0.5) is 11.4 Å². The molecule has 0 fully saturated rings. The van der Waals surface area contributed by atoms with Crippen molar-refractivity contribution in [3.8, 4) is 0 Å². The number of amides is 2. The highest BCUT2D eigenvalue weighted by Crippen LogP contribution is 2.26. The third kappa shape index (κ3) is 3.53. The molecule has 7 heteroatoms. The number of hydrogen-bond donors (Lipinski definition) is 3. The van der Waals surface area contributed by atoms with Gasteiger partial charge in [0, 0.05) is 18.8 Å². The van der Waals surface area contributed by atoms with E-state index in [1.165, 1.54) is 19.2 Å². The van der Waals surface area contributed by atoms with E-state index in [1.807, 2.05) is 0 Å². The number of rotatable bonds is 3. The van der Waals surface area contributed by atoms with Gasteiger partial charge in [-0.25, -0.2) is 0 Å². The number of anilines is 2. The van der Waals surface area contributed by atoms with Crippen LogP contribution in [0.2, 0.25) is 10.0 Å². The first-order chi connectivity index (χ1) is 9.45. The maximum Gasteiger partial charge on any atom is 0.272 e. The van der Waals surface area contributed by atoms with Crippen LogP contribution in [0.15, 0.2) is 30.5 Å². The smallest absolute Gasteiger partial charge is 0.272 e. The molecule has 0 atom stereocenters. The number of halogens is 2. The van der Waals surface area contributed by atoms with Crippen LogP contribution in [-0.2, 0) is 4.79 Å². The van der Waals surface area contributed by atoms with Crippen LogP contribution in [0.5, 0.6) is 0 Å². The van der Waals surface area contributed by atoms with Gasteiger partial charge in [-0.05, 0) is 24.3 Å². The lowest BCUT2D eigenvalue weighted by Crippen LogP contribution is -2.13. The number of hydrogen-bond acceptors (Lipinski definition) is 2. The molecular weight excluding hydrogens is 301 g/mol. The maximum atomic E-state index is 12.0. The first-order valence-corrected chi connectivity index (χ1v) is 6.43. The molecule has 20 heavy (non-hydrogen) atoms. The van der Waals surface area contributed by atoms with Gasteiger partial charge in [-0.15, -0.1) is 0 Å². The topological polar surface area (TPSA) is 74.0 Å². The second-order valence-electron chi connectivity index (χ2n) is 4.06. The molecule has 0 saturated heterocycles. The monoisotopic (exact) mass is 311 g/mol. The zero-order chi connectivity index (χ0) is 14.7. The number of benzene rings is 1. The minimum Gasteiger partial charge on any atom is -0.356 e. The minimum atomic E-state index is -0.376. The fourth-order valence-electron chi connectivity index (χ4n) is 1.59. The number of carbonyl (C=O) groups excluding carboxylic acids is 2. The lowest BCUT2D eigenvalue weighted by Gasteiger charge is -2.09. The summed E-state index contributed by atoms with van der Waals surface area (Å²) in [5, 5.41) is 6.06. The molecule has 2 rings (SSSR count). The Morgan fingerprint density at radius 3 is 2.50 bits per heavy atom. The molecule has 0 aliphatic heterocycles. The third-order valence-corrected chi connectivity index (χ3v) is 2.98. The lowest BCUT2D eigenvalue weighted by atomic mass is 10.2. The number of H-pyrrole nitrogens is 1. The van der Waals surface area contributed by atoms with Gasteiger partial charge in [0.2, 0.25) is 5.91 Å². The quantitative estimate of drug-likeness (QED) is 0.811. The molecule has 0 unspecified atom stereocenters. The van der Waals surface area contributed by atoms with Gasteiger partial charge in [0.25, 0.3) is 5.91 Å². The molecule has 0 saturated carbocycles. The van der Waals surface area contributed by atoms with E-state index in [0.717, 1.165) is 0 Å². The van der Waals surface area contributed by atoms with Gasteiger partial charge in [0.1, 0.15) is 5.69 Å². The predicted octanol–water partition coefficient (Wildman–Crippen LogP) is 3.53. The van der Waals surface area contributed by atoms with Gasteiger partial charge in [0.05, 0.1) is 15.7 Å². The SMILES string of the molecule is CC(=O)Nc1ccc(Cl)c(NC(=O)c2cc(Cl)c[nH]2)c1. The molecule has 2 amide bonds. The van der Waals surface area contributed by atoms with Gasteiger partial charge in [0.15, 0.2) is 0 Å². The fourth-order valence-corrected chi connectivity index (χ4v) is 1.92. The van der Waals surface area contributed by atoms with Gasteiger partial charge >= 0.3 is 0 Å². The Kier molecular flexibility index (Phi) is 4.32. The molecule has 1 aromatic heterocycles. The first kappa shape index (κ1) is 14.4. The van der Waals surface area contributed by atoms with Crippen LogP contribution < -0.4 is 10.6 Å². The Hall–Kier alpha value is -1.98. The second kappa shape index (κ2) is 5.98. The largest absolute Gasteiger partial charge is 0.356 e. The summed E-state index contributed by atoms with van der Waals surface area (Å²) in [6.45, 7) is 1.40. The fraction of sp³-hybridized carbons (Fsp3) is 0.0769. The van der Waals surface area contributed by atoms with E-state index in [9.17, 15) is 9.59 Å². The average molecular weight is 312 g/mol. The molecule has 1 heterocycles. The Labute approximate surface area is 125 Å². The summed E-state index contributed by atoms with van der Waals surface area (Å²) in [7, 11) is 0. The van der Waals surface area contributed by atoms with Crippen molar-refractivity contribution in [3.63, 3.8) is 0 Å². The van der Waals surface area contributed by atoms with Crippen molar-refractivity contribution in [3.05, 3.63) is 46.2 Å². The standard InChI is InChI=1S/C13H11Cl2N3O2/c1-7(19)17-9-2-3-10(15)11(5-9)18-13(20)12-4-8(14)6-16-12/h2-6,16H,1H3,(H,17,19)(H,18,20). The highest BCUT2D eigenvalue weighted by Gasteiger charge is 2.11. The third-order valence-electron chi connectivity index (χ3n) is 2.43. The van der Waals surface area contributed by atoms with E-state index in [4.69, 9.17) is 23.2 Å². The number of carbonyl (C=O) groups is 2. The Morgan fingerprint density at radius 1 is 1.15 bits per heavy atom.